The molecule has 3 heterocycles. The van der Waals surface area contributed by atoms with E-state index in [9.17, 15) is 18.0 Å². The molecular formula is C23H31F3N4O2S. The van der Waals surface area contributed by atoms with Gasteiger partial charge >= 0.3 is 6.18 Å². The number of thiazole rings is 1. The lowest BCUT2D eigenvalue weighted by atomic mass is 9.84. The molecule has 1 aliphatic carbocycles. The van der Waals surface area contributed by atoms with Gasteiger partial charge in [0, 0.05) is 42.9 Å². The SMILES string of the molecule is Cc1cc(CC(=O)N[C@H]2CC[C@H](CCN3CCc4sc(CCC(F)(F)F)nc4C3)CC2)no1. The number of aromatic nitrogens is 2. The number of rotatable bonds is 8. The summed E-state index contributed by atoms with van der Waals surface area (Å²) in [7, 11) is 0. The summed E-state index contributed by atoms with van der Waals surface area (Å²) in [6, 6.07) is 2.01. The van der Waals surface area contributed by atoms with Crippen LogP contribution in [-0.2, 0) is 30.6 Å². The second kappa shape index (κ2) is 10.5. The van der Waals surface area contributed by atoms with E-state index in [4.69, 9.17) is 4.52 Å². The highest BCUT2D eigenvalue weighted by Gasteiger charge is 2.29. The molecule has 2 aromatic rings. The fourth-order valence-electron chi connectivity index (χ4n) is 4.76. The van der Waals surface area contributed by atoms with Crippen LogP contribution in [0.3, 0.4) is 0 Å². The molecule has 1 aliphatic heterocycles. The molecule has 1 N–H and O–H groups in total. The van der Waals surface area contributed by atoms with Gasteiger partial charge in [0.05, 0.1) is 22.8 Å². The molecule has 10 heteroatoms. The predicted molar refractivity (Wildman–Crippen MR) is 119 cm³/mol. The van der Waals surface area contributed by atoms with Gasteiger partial charge in [-0.25, -0.2) is 4.98 Å². The standard InChI is InChI=1S/C23H31F3N4O2S/c1-15-12-18(29-32-15)13-21(31)27-17-4-2-16(3-5-17)7-10-30-11-8-20-19(14-30)28-22(33-20)6-9-23(24,25)26/h12,16-17H,2-11,13-14H2,1H3,(H,27,31)/t16-,17-. The Labute approximate surface area is 195 Å². The van der Waals surface area contributed by atoms with Crippen LogP contribution < -0.4 is 5.32 Å². The Hall–Kier alpha value is -1.94. The number of carbonyl (C=O) groups excluding carboxylic acids is 1. The molecule has 1 fully saturated rings. The normalized spacial score (nSPS) is 21.7. The first-order valence-corrected chi connectivity index (χ1v) is 12.5. The van der Waals surface area contributed by atoms with Crippen molar-refractivity contribution in [2.24, 2.45) is 5.92 Å². The van der Waals surface area contributed by atoms with Crippen LogP contribution in [0.15, 0.2) is 10.6 Å². The molecule has 0 unspecified atom stereocenters. The van der Waals surface area contributed by atoms with E-state index >= 15 is 0 Å². The number of nitrogens with zero attached hydrogens (tertiary/aromatic N) is 3. The van der Waals surface area contributed by atoms with E-state index in [0.29, 0.717) is 22.4 Å². The van der Waals surface area contributed by atoms with E-state index in [1.165, 1.54) is 11.3 Å². The van der Waals surface area contributed by atoms with E-state index in [1.807, 2.05) is 6.92 Å². The Morgan fingerprint density at radius 2 is 2.09 bits per heavy atom. The maximum absolute atomic E-state index is 12.5. The molecule has 1 saturated carbocycles. The number of nitrogens with one attached hydrogen (secondary N) is 1. The van der Waals surface area contributed by atoms with Gasteiger partial charge in [0.25, 0.3) is 0 Å². The average Bonchev–Trinajstić information content (AvgIpc) is 3.36. The molecule has 33 heavy (non-hydrogen) atoms. The Balaban J connectivity index is 1.15. The van der Waals surface area contributed by atoms with Gasteiger partial charge in [0.1, 0.15) is 5.76 Å². The van der Waals surface area contributed by atoms with Gasteiger partial charge < -0.3 is 9.84 Å². The average molecular weight is 485 g/mol. The van der Waals surface area contributed by atoms with Crippen molar-refractivity contribution in [1.82, 2.24) is 20.4 Å². The predicted octanol–water partition coefficient (Wildman–Crippen LogP) is 4.60. The number of aryl methyl sites for hydroxylation is 2. The van der Waals surface area contributed by atoms with Crippen LogP contribution in [-0.4, -0.2) is 46.3 Å². The summed E-state index contributed by atoms with van der Waals surface area (Å²) in [4.78, 5) is 20.3. The molecule has 182 valence electrons. The molecule has 6 nitrogen and oxygen atoms in total. The quantitative estimate of drug-likeness (QED) is 0.593. The van der Waals surface area contributed by atoms with Crippen molar-refractivity contribution in [3.63, 3.8) is 0 Å². The summed E-state index contributed by atoms with van der Waals surface area (Å²) in [5, 5.41) is 7.61. The fourth-order valence-corrected chi connectivity index (χ4v) is 5.82. The van der Waals surface area contributed by atoms with Crippen molar-refractivity contribution in [3.8, 4) is 0 Å². The van der Waals surface area contributed by atoms with E-state index in [1.54, 1.807) is 6.07 Å². The second-order valence-electron chi connectivity index (χ2n) is 9.30. The third-order valence-electron chi connectivity index (χ3n) is 6.56. The van der Waals surface area contributed by atoms with E-state index in [-0.39, 0.29) is 24.8 Å². The highest BCUT2D eigenvalue weighted by molar-refractivity contribution is 7.11. The Kier molecular flexibility index (Phi) is 7.73. The third-order valence-corrected chi connectivity index (χ3v) is 7.77. The summed E-state index contributed by atoms with van der Waals surface area (Å²) >= 11 is 1.45. The first-order chi connectivity index (χ1) is 15.7. The number of alkyl halides is 3. The summed E-state index contributed by atoms with van der Waals surface area (Å²) in [6.07, 6.45) is 1.49. The molecule has 0 saturated heterocycles. The number of fused-ring (bicyclic) bond motifs is 1. The van der Waals surface area contributed by atoms with Crippen LogP contribution in [0.4, 0.5) is 13.2 Å². The number of amides is 1. The molecule has 0 aromatic carbocycles. The minimum absolute atomic E-state index is 0.00580. The lowest BCUT2D eigenvalue weighted by Crippen LogP contribution is -2.39. The van der Waals surface area contributed by atoms with E-state index < -0.39 is 12.6 Å². The lowest BCUT2D eigenvalue weighted by Gasteiger charge is -2.32. The van der Waals surface area contributed by atoms with Crippen molar-refractivity contribution in [3.05, 3.63) is 33.1 Å². The van der Waals surface area contributed by atoms with Crippen LogP contribution in [0.5, 0.6) is 0 Å². The van der Waals surface area contributed by atoms with Crippen LogP contribution in [0, 0.1) is 12.8 Å². The maximum atomic E-state index is 12.5. The maximum Gasteiger partial charge on any atom is 0.389 e. The van der Waals surface area contributed by atoms with Crippen molar-refractivity contribution >= 4 is 17.2 Å². The molecule has 1 amide bonds. The molecule has 2 aromatic heterocycles. The highest BCUT2D eigenvalue weighted by Crippen LogP contribution is 2.31. The van der Waals surface area contributed by atoms with Gasteiger partial charge in [-0.05, 0) is 57.9 Å². The third kappa shape index (κ3) is 7.27. The summed E-state index contributed by atoms with van der Waals surface area (Å²) < 4.78 is 42.5. The molecule has 0 spiro atoms. The van der Waals surface area contributed by atoms with Gasteiger partial charge in [0.2, 0.25) is 5.91 Å². The Morgan fingerprint density at radius 1 is 1.30 bits per heavy atom. The van der Waals surface area contributed by atoms with E-state index in [0.717, 1.165) is 68.7 Å². The van der Waals surface area contributed by atoms with Crippen LogP contribution in [0.2, 0.25) is 0 Å². The Bertz CT molecular complexity index is 935. The molecule has 0 bridgehead atoms. The largest absolute Gasteiger partial charge is 0.389 e. The van der Waals surface area contributed by atoms with Gasteiger partial charge in [-0.15, -0.1) is 11.3 Å². The summed E-state index contributed by atoms with van der Waals surface area (Å²) in [5.74, 6) is 1.35. The highest BCUT2D eigenvalue weighted by atomic mass is 32.1. The first-order valence-electron chi connectivity index (χ1n) is 11.7. The van der Waals surface area contributed by atoms with Gasteiger partial charge in [-0.1, -0.05) is 5.16 Å². The zero-order valence-corrected chi connectivity index (χ0v) is 19.7. The number of halogens is 3. The lowest BCUT2D eigenvalue weighted by molar-refractivity contribution is -0.134. The molecule has 0 atom stereocenters. The van der Waals surface area contributed by atoms with Crippen molar-refractivity contribution in [2.45, 2.75) is 83.5 Å². The van der Waals surface area contributed by atoms with E-state index in [2.05, 4.69) is 20.4 Å². The fraction of sp³-hybridized carbons (Fsp3) is 0.696. The minimum atomic E-state index is -4.13. The molecule has 0 radical (unpaired) electrons. The number of carbonyl (C=O) groups is 1. The Morgan fingerprint density at radius 3 is 2.79 bits per heavy atom. The number of hydrogen-bond donors (Lipinski definition) is 1. The summed E-state index contributed by atoms with van der Waals surface area (Å²) in [5.41, 5.74) is 1.63. The van der Waals surface area contributed by atoms with Crippen LogP contribution in [0.1, 0.15) is 65.6 Å². The smallest absolute Gasteiger partial charge is 0.361 e. The van der Waals surface area contributed by atoms with Gasteiger partial charge in [0.15, 0.2) is 0 Å². The van der Waals surface area contributed by atoms with Crippen molar-refractivity contribution in [1.29, 1.82) is 0 Å². The van der Waals surface area contributed by atoms with Gasteiger partial charge in [-0.2, -0.15) is 13.2 Å². The zero-order valence-electron chi connectivity index (χ0n) is 18.9. The molecule has 2 aliphatic rings. The van der Waals surface area contributed by atoms with Crippen LogP contribution in [0.25, 0.3) is 0 Å². The van der Waals surface area contributed by atoms with Crippen LogP contribution >= 0.6 is 11.3 Å². The van der Waals surface area contributed by atoms with Crippen molar-refractivity contribution in [2.75, 3.05) is 13.1 Å². The molecular weight excluding hydrogens is 453 g/mol. The minimum Gasteiger partial charge on any atom is -0.361 e. The zero-order chi connectivity index (χ0) is 23.4. The first kappa shape index (κ1) is 24.2. The number of hydrogen-bond acceptors (Lipinski definition) is 6. The second-order valence-corrected chi connectivity index (χ2v) is 10.5. The summed E-state index contributed by atoms with van der Waals surface area (Å²) in [6.45, 7) is 4.49. The molecule has 4 rings (SSSR count). The topological polar surface area (TPSA) is 71.3 Å². The van der Waals surface area contributed by atoms with Gasteiger partial charge in [-0.3, -0.25) is 9.69 Å². The van der Waals surface area contributed by atoms with Crippen molar-refractivity contribution < 1.29 is 22.5 Å². The monoisotopic (exact) mass is 484 g/mol.